The van der Waals surface area contributed by atoms with Crippen molar-refractivity contribution in [2.45, 2.75) is 6.92 Å². The SMILES string of the molecule is Cc1cnc(-c2cnc(Br)o2)cn1. The second-order valence-corrected chi connectivity index (χ2v) is 3.20. The summed E-state index contributed by atoms with van der Waals surface area (Å²) in [4.78, 5) is 12.6. The molecule has 0 unspecified atom stereocenters. The largest absolute Gasteiger partial charge is 0.429 e. The molecule has 13 heavy (non-hydrogen) atoms. The molecule has 0 atom stereocenters. The maximum Gasteiger partial charge on any atom is 0.264 e. The van der Waals surface area contributed by atoms with Crippen molar-refractivity contribution in [3.05, 3.63) is 29.1 Å². The lowest BCUT2D eigenvalue weighted by Gasteiger charge is -1.93. The maximum atomic E-state index is 5.21. The van der Waals surface area contributed by atoms with Crippen molar-refractivity contribution in [2.24, 2.45) is 0 Å². The number of halogens is 1. The van der Waals surface area contributed by atoms with Crippen LogP contribution in [0.25, 0.3) is 11.5 Å². The van der Waals surface area contributed by atoms with Crippen LogP contribution in [-0.2, 0) is 0 Å². The van der Waals surface area contributed by atoms with Crippen LogP contribution in [0.3, 0.4) is 0 Å². The summed E-state index contributed by atoms with van der Waals surface area (Å²) in [5.41, 5.74) is 1.56. The summed E-state index contributed by atoms with van der Waals surface area (Å²) in [6, 6.07) is 0. The summed E-state index contributed by atoms with van der Waals surface area (Å²) in [5, 5.41) is 0. The molecule has 0 aliphatic heterocycles. The van der Waals surface area contributed by atoms with Gasteiger partial charge in [0, 0.05) is 22.1 Å². The van der Waals surface area contributed by atoms with Gasteiger partial charge >= 0.3 is 0 Å². The third-order valence-electron chi connectivity index (χ3n) is 1.51. The van der Waals surface area contributed by atoms with E-state index in [4.69, 9.17) is 4.42 Å². The molecule has 0 fully saturated rings. The molecular weight excluding hydrogens is 234 g/mol. The number of hydrogen-bond acceptors (Lipinski definition) is 4. The minimum absolute atomic E-state index is 0.449. The van der Waals surface area contributed by atoms with Gasteiger partial charge in [-0.1, -0.05) is 0 Å². The number of oxazole rings is 1. The lowest BCUT2D eigenvalue weighted by Crippen LogP contribution is -1.85. The van der Waals surface area contributed by atoms with Crippen LogP contribution in [0.5, 0.6) is 0 Å². The van der Waals surface area contributed by atoms with Gasteiger partial charge < -0.3 is 4.42 Å². The fraction of sp³-hybridized carbons (Fsp3) is 0.125. The van der Waals surface area contributed by atoms with E-state index < -0.39 is 0 Å². The summed E-state index contributed by atoms with van der Waals surface area (Å²) in [5.74, 6) is 0.611. The smallest absolute Gasteiger partial charge is 0.264 e. The number of aromatic nitrogens is 3. The molecule has 0 aliphatic rings. The van der Waals surface area contributed by atoms with Crippen LogP contribution in [-0.4, -0.2) is 15.0 Å². The van der Waals surface area contributed by atoms with Gasteiger partial charge in [0.1, 0.15) is 5.69 Å². The van der Waals surface area contributed by atoms with Crippen LogP contribution in [0.4, 0.5) is 0 Å². The fourth-order valence-corrected chi connectivity index (χ4v) is 1.17. The van der Waals surface area contributed by atoms with E-state index in [1.807, 2.05) is 6.92 Å². The fourth-order valence-electron chi connectivity index (χ4n) is 0.891. The lowest BCUT2D eigenvalue weighted by atomic mass is 10.3. The number of nitrogens with zero attached hydrogens (tertiary/aromatic N) is 3. The van der Waals surface area contributed by atoms with Crippen molar-refractivity contribution in [3.63, 3.8) is 0 Å². The summed E-state index contributed by atoms with van der Waals surface area (Å²) >= 11 is 3.12. The number of hydrogen-bond donors (Lipinski definition) is 0. The molecule has 2 heterocycles. The van der Waals surface area contributed by atoms with Crippen molar-refractivity contribution in [2.75, 3.05) is 0 Å². The van der Waals surface area contributed by atoms with Crippen LogP contribution in [0.1, 0.15) is 5.69 Å². The standard InChI is InChI=1S/C8H6BrN3O/c1-5-2-11-6(3-10-5)7-4-12-8(9)13-7/h2-4H,1H3. The first-order chi connectivity index (χ1) is 6.25. The molecule has 2 aromatic heterocycles. The first-order valence-corrected chi connectivity index (χ1v) is 4.45. The monoisotopic (exact) mass is 239 g/mol. The third kappa shape index (κ3) is 1.75. The van der Waals surface area contributed by atoms with E-state index in [0.29, 0.717) is 16.3 Å². The Hall–Kier alpha value is -1.23. The van der Waals surface area contributed by atoms with Gasteiger partial charge in [-0.2, -0.15) is 0 Å². The highest BCUT2D eigenvalue weighted by atomic mass is 79.9. The predicted molar refractivity (Wildman–Crippen MR) is 50.0 cm³/mol. The highest BCUT2D eigenvalue weighted by molar-refractivity contribution is 9.10. The highest BCUT2D eigenvalue weighted by Crippen LogP contribution is 2.19. The molecule has 0 radical (unpaired) electrons. The first kappa shape index (κ1) is 8.37. The quantitative estimate of drug-likeness (QED) is 0.766. The zero-order chi connectivity index (χ0) is 9.26. The summed E-state index contributed by atoms with van der Waals surface area (Å²) in [7, 11) is 0. The van der Waals surface area contributed by atoms with Crippen LogP contribution < -0.4 is 0 Å². The van der Waals surface area contributed by atoms with Crippen LogP contribution in [0.2, 0.25) is 0 Å². The molecule has 0 aliphatic carbocycles. The Bertz CT molecular complexity index is 410. The van der Waals surface area contributed by atoms with Crippen molar-refractivity contribution in [1.82, 2.24) is 15.0 Å². The molecule has 5 heteroatoms. The van der Waals surface area contributed by atoms with E-state index in [2.05, 4.69) is 30.9 Å². The van der Waals surface area contributed by atoms with Crippen molar-refractivity contribution < 1.29 is 4.42 Å². The molecule has 0 saturated heterocycles. The predicted octanol–water partition coefficient (Wildman–Crippen LogP) is 2.20. The van der Waals surface area contributed by atoms with Gasteiger partial charge in [-0.25, -0.2) is 9.97 Å². The average molecular weight is 240 g/mol. The topological polar surface area (TPSA) is 51.8 Å². The van der Waals surface area contributed by atoms with Crippen LogP contribution in [0.15, 0.2) is 27.8 Å². The van der Waals surface area contributed by atoms with Gasteiger partial charge in [0.05, 0.1) is 18.1 Å². The Morgan fingerprint density at radius 3 is 2.54 bits per heavy atom. The Kier molecular flexibility index (Phi) is 2.10. The van der Waals surface area contributed by atoms with Crippen molar-refractivity contribution in [1.29, 1.82) is 0 Å². The summed E-state index contributed by atoms with van der Waals surface area (Å²) in [6.07, 6.45) is 4.94. The van der Waals surface area contributed by atoms with Gasteiger partial charge in [0.15, 0.2) is 5.76 Å². The van der Waals surface area contributed by atoms with E-state index in [1.54, 1.807) is 18.6 Å². The van der Waals surface area contributed by atoms with E-state index >= 15 is 0 Å². The molecule has 66 valence electrons. The second kappa shape index (κ2) is 3.26. The van der Waals surface area contributed by atoms with E-state index in [9.17, 15) is 0 Å². The zero-order valence-electron chi connectivity index (χ0n) is 6.86. The van der Waals surface area contributed by atoms with Gasteiger partial charge in [-0.15, -0.1) is 0 Å². The molecule has 0 aromatic carbocycles. The van der Waals surface area contributed by atoms with Crippen LogP contribution >= 0.6 is 15.9 Å². The Morgan fingerprint density at radius 2 is 2.00 bits per heavy atom. The molecular formula is C8H6BrN3O. The molecule has 0 bridgehead atoms. The second-order valence-electron chi connectivity index (χ2n) is 2.52. The summed E-state index contributed by atoms with van der Waals surface area (Å²) < 4.78 is 5.21. The molecule has 0 amide bonds. The molecule has 2 rings (SSSR count). The normalized spacial score (nSPS) is 10.3. The van der Waals surface area contributed by atoms with Crippen molar-refractivity contribution in [3.8, 4) is 11.5 Å². The Labute approximate surface area is 83.2 Å². The van der Waals surface area contributed by atoms with Gasteiger partial charge in [0.25, 0.3) is 4.80 Å². The minimum atomic E-state index is 0.449. The van der Waals surface area contributed by atoms with Crippen molar-refractivity contribution >= 4 is 15.9 Å². The highest BCUT2D eigenvalue weighted by Gasteiger charge is 2.05. The molecule has 0 N–H and O–H groups in total. The average Bonchev–Trinajstić information content (AvgIpc) is 2.53. The van der Waals surface area contributed by atoms with Crippen LogP contribution in [0, 0.1) is 6.92 Å². The third-order valence-corrected chi connectivity index (χ3v) is 1.88. The maximum absolute atomic E-state index is 5.21. The minimum Gasteiger partial charge on any atom is -0.429 e. The Balaban J connectivity index is 2.41. The molecule has 4 nitrogen and oxygen atoms in total. The van der Waals surface area contributed by atoms with E-state index in [1.165, 1.54) is 0 Å². The van der Waals surface area contributed by atoms with Gasteiger partial charge in [-0.05, 0) is 6.92 Å². The molecule has 0 saturated carbocycles. The molecule has 2 aromatic rings. The zero-order valence-corrected chi connectivity index (χ0v) is 8.45. The number of aryl methyl sites for hydroxylation is 1. The lowest BCUT2D eigenvalue weighted by molar-refractivity contribution is 0.540. The molecule has 0 spiro atoms. The van der Waals surface area contributed by atoms with Gasteiger partial charge in [0.2, 0.25) is 0 Å². The first-order valence-electron chi connectivity index (χ1n) is 3.66. The van der Waals surface area contributed by atoms with E-state index in [0.717, 1.165) is 5.69 Å². The Morgan fingerprint density at radius 1 is 1.15 bits per heavy atom. The van der Waals surface area contributed by atoms with E-state index in [-0.39, 0.29) is 0 Å². The summed E-state index contributed by atoms with van der Waals surface area (Å²) in [6.45, 7) is 1.88. The van der Waals surface area contributed by atoms with Gasteiger partial charge in [-0.3, -0.25) is 4.98 Å². The number of rotatable bonds is 1.